The van der Waals surface area contributed by atoms with Crippen molar-refractivity contribution in [3.8, 4) is 0 Å². The largest absolute Gasteiger partial charge is 0.479 e. The summed E-state index contributed by atoms with van der Waals surface area (Å²) in [6.07, 6.45) is 1.69. The monoisotopic (exact) mass is 235 g/mol. The smallest absolute Gasteiger partial charge is 0.344 e. The van der Waals surface area contributed by atoms with E-state index in [0.717, 1.165) is 17.7 Å². The van der Waals surface area contributed by atoms with Gasteiger partial charge in [-0.25, -0.2) is 4.79 Å². The van der Waals surface area contributed by atoms with Crippen molar-refractivity contribution in [1.82, 2.24) is 0 Å². The predicted octanol–water partition coefficient (Wildman–Crippen LogP) is 2.46. The summed E-state index contributed by atoms with van der Waals surface area (Å²) < 4.78 is 0. The number of carboxylic acid groups (broad SMARTS) is 1. The Bertz CT molecular complexity index is 396. The molecule has 0 atom stereocenters. The minimum Gasteiger partial charge on any atom is -0.479 e. The predicted molar refractivity (Wildman–Crippen MR) is 66.2 cm³/mol. The summed E-state index contributed by atoms with van der Waals surface area (Å²) in [5.41, 5.74) is 2.99. The van der Waals surface area contributed by atoms with Crippen LogP contribution in [0.1, 0.15) is 31.4 Å². The Hall–Kier alpha value is -1.84. The quantitative estimate of drug-likeness (QED) is 0.608. The molecule has 1 aromatic carbocycles. The van der Waals surface area contributed by atoms with Crippen molar-refractivity contribution >= 4 is 11.7 Å². The van der Waals surface area contributed by atoms with Crippen LogP contribution in [0.15, 0.2) is 29.4 Å². The Morgan fingerprint density at radius 3 is 2.41 bits per heavy atom. The van der Waals surface area contributed by atoms with Gasteiger partial charge in [0, 0.05) is 0 Å². The van der Waals surface area contributed by atoms with Gasteiger partial charge in [-0.15, -0.1) is 0 Å². The van der Waals surface area contributed by atoms with Crippen molar-refractivity contribution in [3.05, 3.63) is 35.4 Å². The number of carbonyl (C=O) groups is 1. The first-order valence-electron chi connectivity index (χ1n) is 5.67. The van der Waals surface area contributed by atoms with Crippen LogP contribution in [0.25, 0.3) is 0 Å². The van der Waals surface area contributed by atoms with Gasteiger partial charge in [-0.2, -0.15) is 0 Å². The third-order valence-electron chi connectivity index (χ3n) is 2.39. The maximum absolute atomic E-state index is 10.3. The summed E-state index contributed by atoms with van der Waals surface area (Å²) in [6.45, 7) is 3.65. The van der Waals surface area contributed by atoms with Gasteiger partial charge in [-0.05, 0) is 24.0 Å². The van der Waals surface area contributed by atoms with Crippen LogP contribution in [-0.2, 0) is 16.1 Å². The van der Waals surface area contributed by atoms with Crippen molar-refractivity contribution in [2.45, 2.75) is 26.7 Å². The topological polar surface area (TPSA) is 58.9 Å². The van der Waals surface area contributed by atoms with Gasteiger partial charge >= 0.3 is 5.97 Å². The molecule has 0 spiro atoms. The lowest BCUT2D eigenvalue weighted by molar-refractivity contribution is -0.142. The Labute approximate surface area is 101 Å². The van der Waals surface area contributed by atoms with Crippen LogP contribution in [0.5, 0.6) is 0 Å². The molecule has 0 saturated carbocycles. The zero-order chi connectivity index (χ0) is 12.7. The summed E-state index contributed by atoms with van der Waals surface area (Å²) in [4.78, 5) is 15.0. The van der Waals surface area contributed by atoms with Gasteiger partial charge in [0.15, 0.2) is 0 Å². The second kappa shape index (κ2) is 6.68. The maximum Gasteiger partial charge on any atom is 0.344 e. The molecule has 0 bridgehead atoms. The Kier molecular flexibility index (Phi) is 5.20. The standard InChI is InChI=1S/C13H17NO3/c1-3-10-5-7-11(8-6-10)12(4-2)14-17-9-13(15)16/h5-8H,3-4,9H2,1-2H3,(H,15,16). The lowest BCUT2D eigenvalue weighted by Crippen LogP contribution is -2.06. The molecule has 1 N–H and O–H groups in total. The van der Waals surface area contributed by atoms with E-state index in [9.17, 15) is 4.79 Å². The number of hydrogen-bond acceptors (Lipinski definition) is 3. The molecule has 0 aromatic heterocycles. The highest BCUT2D eigenvalue weighted by Gasteiger charge is 2.03. The number of benzene rings is 1. The Morgan fingerprint density at radius 2 is 1.94 bits per heavy atom. The molecule has 0 fully saturated rings. The van der Waals surface area contributed by atoms with Gasteiger partial charge in [0.1, 0.15) is 0 Å². The Balaban J connectivity index is 2.74. The van der Waals surface area contributed by atoms with E-state index in [1.807, 2.05) is 31.2 Å². The third kappa shape index (κ3) is 4.26. The van der Waals surface area contributed by atoms with Gasteiger partial charge < -0.3 is 9.94 Å². The molecule has 4 heteroatoms. The van der Waals surface area contributed by atoms with E-state index in [2.05, 4.69) is 12.1 Å². The first-order chi connectivity index (χ1) is 8.17. The zero-order valence-electron chi connectivity index (χ0n) is 10.1. The van der Waals surface area contributed by atoms with Crippen molar-refractivity contribution in [1.29, 1.82) is 0 Å². The van der Waals surface area contributed by atoms with Crippen LogP contribution < -0.4 is 0 Å². The highest BCUT2D eigenvalue weighted by atomic mass is 16.6. The minimum absolute atomic E-state index is 0.406. The van der Waals surface area contributed by atoms with E-state index < -0.39 is 12.6 Å². The van der Waals surface area contributed by atoms with Crippen molar-refractivity contribution in [2.24, 2.45) is 5.16 Å². The van der Waals surface area contributed by atoms with E-state index in [1.54, 1.807) is 0 Å². The van der Waals surface area contributed by atoms with Crippen molar-refractivity contribution in [2.75, 3.05) is 6.61 Å². The van der Waals surface area contributed by atoms with Crippen LogP contribution in [0.3, 0.4) is 0 Å². The molecule has 92 valence electrons. The molecule has 0 aliphatic carbocycles. The summed E-state index contributed by atoms with van der Waals surface area (Å²) in [6, 6.07) is 8.03. The summed E-state index contributed by atoms with van der Waals surface area (Å²) >= 11 is 0. The molecule has 0 saturated heterocycles. The lowest BCUT2D eigenvalue weighted by atomic mass is 10.1. The molecule has 0 unspecified atom stereocenters. The van der Waals surface area contributed by atoms with E-state index in [1.165, 1.54) is 5.56 Å². The molecule has 1 rings (SSSR count). The molecule has 0 heterocycles. The van der Waals surface area contributed by atoms with E-state index in [4.69, 9.17) is 9.94 Å². The number of nitrogens with zero attached hydrogens (tertiary/aromatic N) is 1. The fourth-order valence-electron chi connectivity index (χ4n) is 1.42. The molecule has 0 aliphatic rings. The average molecular weight is 235 g/mol. The van der Waals surface area contributed by atoms with Crippen molar-refractivity contribution in [3.63, 3.8) is 0 Å². The normalized spacial score (nSPS) is 11.3. The van der Waals surface area contributed by atoms with Gasteiger partial charge in [-0.1, -0.05) is 43.3 Å². The number of oxime groups is 1. The molecular formula is C13H17NO3. The van der Waals surface area contributed by atoms with E-state index in [0.29, 0.717) is 6.42 Å². The van der Waals surface area contributed by atoms with Gasteiger partial charge in [-0.3, -0.25) is 0 Å². The molecule has 0 aliphatic heterocycles. The third-order valence-corrected chi connectivity index (χ3v) is 2.39. The molecular weight excluding hydrogens is 218 g/mol. The van der Waals surface area contributed by atoms with Crippen LogP contribution in [0, 0.1) is 0 Å². The molecule has 0 amide bonds. The van der Waals surface area contributed by atoms with Gasteiger partial charge in [0.25, 0.3) is 0 Å². The maximum atomic E-state index is 10.3. The highest BCUT2D eigenvalue weighted by molar-refractivity contribution is 6.00. The molecule has 17 heavy (non-hydrogen) atoms. The average Bonchev–Trinajstić information content (AvgIpc) is 2.34. The Morgan fingerprint density at radius 1 is 1.29 bits per heavy atom. The fourth-order valence-corrected chi connectivity index (χ4v) is 1.42. The summed E-state index contributed by atoms with van der Waals surface area (Å²) in [5, 5.41) is 12.3. The molecule has 4 nitrogen and oxygen atoms in total. The fraction of sp³-hybridized carbons (Fsp3) is 0.385. The second-order valence-electron chi connectivity index (χ2n) is 3.61. The van der Waals surface area contributed by atoms with Gasteiger partial charge in [0.2, 0.25) is 6.61 Å². The van der Waals surface area contributed by atoms with E-state index >= 15 is 0 Å². The van der Waals surface area contributed by atoms with Crippen LogP contribution >= 0.6 is 0 Å². The number of carboxylic acids is 1. The van der Waals surface area contributed by atoms with Gasteiger partial charge in [0.05, 0.1) is 5.71 Å². The lowest BCUT2D eigenvalue weighted by Gasteiger charge is -2.04. The van der Waals surface area contributed by atoms with Crippen LogP contribution in [0.2, 0.25) is 0 Å². The van der Waals surface area contributed by atoms with Crippen LogP contribution in [-0.4, -0.2) is 23.4 Å². The first-order valence-corrected chi connectivity index (χ1v) is 5.67. The zero-order valence-corrected chi connectivity index (χ0v) is 10.1. The van der Waals surface area contributed by atoms with Crippen molar-refractivity contribution < 1.29 is 14.7 Å². The second-order valence-corrected chi connectivity index (χ2v) is 3.61. The number of hydrogen-bond donors (Lipinski definition) is 1. The number of rotatable bonds is 6. The summed E-state index contributed by atoms with van der Waals surface area (Å²) in [7, 11) is 0. The van der Waals surface area contributed by atoms with E-state index in [-0.39, 0.29) is 0 Å². The summed E-state index contributed by atoms with van der Waals surface area (Å²) in [5.74, 6) is -1.02. The number of aryl methyl sites for hydroxylation is 1. The highest BCUT2D eigenvalue weighted by Crippen LogP contribution is 2.08. The minimum atomic E-state index is -1.02. The van der Waals surface area contributed by atoms with Crippen LogP contribution in [0.4, 0.5) is 0 Å². The molecule has 0 radical (unpaired) electrons. The first kappa shape index (κ1) is 13.2. The number of aliphatic carboxylic acids is 1. The molecule has 1 aromatic rings. The SMILES string of the molecule is CCC(=NOCC(=O)O)c1ccc(CC)cc1.